The van der Waals surface area contributed by atoms with Gasteiger partial charge in [0.2, 0.25) is 0 Å². The van der Waals surface area contributed by atoms with E-state index in [1.807, 2.05) is 0 Å². The molecule has 0 saturated heterocycles. The quantitative estimate of drug-likeness (QED) is 0.459. The van der Waals surface area contributed by atoms with Crippen molar-refractivity contribution in [2.45, 2.75) is 29.1 Å². The molecule has 1 aromatic carbocycles. The lowest BCUT2D eigenvalue weighted by atomic mass is 10.1. The van der Waals surface area contributed by atoms with Crippen LogP contribution in [0, 0.1) is 0 Å². The number of benzene rings is 1. The second-order valence-electron chi connectivity index (χ2n) is 3.31. The second kappa shape index (κ2) is 5.78. The monoisotopic (exact) mass is 282 g/mol. The topological polar surface area (TPSA) is 17.1 Å². The lowest BCUT2D eigenvalue weighted by molar-refractivity contribution is -0.0328. The van der Waals surface area contributed by atoms with Gasteiger partial charge in [-0.25, -0.2) is 0 Å². The third kappa shape index (κ3) is 4.60. The maximum Gasteiger partial charge on any atom is 0.446 e. The van der Waals surface area contributed by atoms with E-state index in [9.17, 15) is 18.0 Å². The van der Waals surface area contributed by atoms with E-state index >= 15 is 0 Å². The molecule has 0 bridgehead atoms. The van der Waals surface area contributed by atoms with Crippen molar-refractivity contribution in [1.82, 2.24) is 0 Å². The first kappa shape index (κ1) is 14.4. The Balaban J connectivity index is 2.78. The number of Topliss-reactive ketones (excluding diaryl/α,β-unsaturated/α-hetero) is 1. The molecule has 0 amide bonds. The second-order valence-corrected chi connectivity index (χ2v) is 4.98. The molecule has 0 aliphatic carbocycles. The van der Waals surface area contributed by atoms with Crippen LogP contribution in [0.2, 0.25) is 0 Å². The highest BCUT2D eigenvalue weighted by molar-refractivity contribution is 8.00. The fourth-order valence-electron chi connectivity index (χ4n) is 1.19. The molecule has 0 aliphatic rings. The van der Waals surface area contributed by atoms with Crippen LogP contribution in [0.1, 0.15) is 23.7 Å². The van der Waals surface area contributed by atoms with Crippen molar-refractivity contribution in [2.75, 3.05) is 0 Å². The first-order valence-electron chi connectivity index (χ1n) is 4.87. The Hall–Kier alpha value is -0.680. The molecular weight excluding hydrogens is 273 g/mol. The van der Waals surface area contributed by atoms with Gasteiger partial charge in [0.1, 0.15) is 0 Å². The largest absolute Gasteiger partial charge is 0.446 e. The van der Waals surface area contributed by atoms with Crippen LogP contribution in [0.5, 0.6) is 0 Å². The van der Waals surface area contributed by atoms with E-state index < -0.39 is 10.9 Å². The molecule has 1 unspecified atom stereocenters. The smallest absolute Gasteiger partial charge is 0.293 e. The normalized spacial score (nSPS) is 13.5. The van der Waals surface area contributed by atoms with Gasteiger partial charge in [0.15, 0.2) is 5.78 Å². The Morgan fingerprint density at radius 1 is 1.35 bits per heavy atom. The number of rotatable bonds is 4. The van der Waals surface area contributed by atoms with Crippen LogP contribution in [-0.2, 0) is 0 Å². The third-order valence-corrected chi connectivity index (χ3v) is 3.26. The molecule has 1 aromatic rings. The number of carbonyl (C=O) groups is 1. The molecule has 0 spiro atoms. The number of alkyl halides is 4. The van der Waals surface area contributed by atoms with Crippen molar-refractivity contribution in [3.8, 4) is 0 Å². The third-order valence-electron chi connectivity index (χ3n) is 2.02. The summed E-state index contributed by atoms with van der Waals surface area (Å²) in [5, 5.41) is -0.629. The van der Waals surface area contributed by atoms with Gasteiger partial charge in [-0.3, -0.25) is 4.79 Å². The van der Waals surface area contributed by atoms with Crippen molar-refractivity contribution in [2.24, 2.45) is 0 Å². The molecule has 6 heteroatoms. The summed E-state index contributed by atoms with van der Waals surface area (Å²) in [5.74, 6) is -0.266. The number of thioether (sulfide) groups is 1. The van der Waals surface area contributed by atoms with Gasteiger partial charge in [0.05, 0.1) is 5.38 Å². The minimum absolute atomic E-state index is 0.0525. The van der Waals surface area contributed by atoms with Gasteiger partial charge in [0.25, 0.3) is 0 Å². The molecule has 0 radical (unpaired) electrons. The van der Waals surface area contributed by atoms with Gasteiger partial charge in [-0.05, 0) is 30.3 Å². The average molecular weight is 283 g/mol. The minimum atomic E-state index is -4.32. The molecule has 1 rings (SSSR count). The summed E-state index contributed by atoms with van der Waals surface area (Å²) < 4.78 is 36.2. The van der Waals surface area contributed by atoms with Crippen molar-refractivity contribution in [3.63, 3.8) is 0 Å². The first-order chi connectivity index (χ1) is 7.83. The fraction of sp³-hybridized carbons (Fsp3) is 0.364. The molecule has 0 N–H and O–H groups in total. The summed E-state index contributed by atoms with van der Waals surface area (Å²) in [6, 6.07) is 5.26. The van der Waals surface area contributed by atoms with E-state index in [1.165, 1.54) is 24.3 Å². The fourth-order valence-corrected chi connectivity index (χ4v) is 1.85. The number of ketones is 1. The van der Waals surface area contributed by atoms with Gasteiger partial charge in [-0.1, -0.05) is 19.1 Å². The zero-order valence-corrected chi connectivity index (χ0v) is 10.5. The predicted octanol–water partition coefficient (Wildman–Crippen LogP) is 4.50. The highest BCUT2D eigenvalue weighted by atomic mass is 35.5. The van der Waals surface area contributed by atoms with E-state index in [-0.39, 0.29) is 22.4 Å². The average Bonchev–Trinajstić information content (AvgIpc) is 2.26. The highest BCUT2D eigenvalue weighted by Crippen LogP contribution is 2.36. The van der Waals surface area contributed by atoms with Crippen LogP contribution in [0.3, 0.4) is 0 Å². The molecule has 0 aromatic heterocycles. The lowest BCUT2D eigenvalue weighted by Gasteiger charge is -2.08. The van der Waals surface area contributed by atoms with E-state index in [1.54, 1.807) is 6.92 Å². The summed E-state index contributed by atoms with van der Waals surface area (Å²) in [6.45, 7) is 1.77. The van der Waals surface area contributed by atoms with E-state index in [0.29, 0.717) is 12.0 Å². The molecule has 94 valence electrons. The summed E-state index contributed by atoms with van der Waals surface area (Å²) >= 11 is 5.55. The predicted molar refractivity (Wildman–Crippen MR) is 62.6 cm³/mol. The lowest BCUT2D eigenvalue weighted by Crippen LogP contribution is -2.13. The zero-order valence-electron chi connectivity index (χ0n) is 8.92. The minimum Gasteiger partial charge on any atom is -0.293 e. The van der Waals surface area contributed by atoms with Gasteiger partial charge in [-0.15, -0.1) is 11.6 Å². The van der Waals surface area contributed by atoms with Gasteiger partial charge in [0, 0.05) is 10.5 Å². The summed E-state index contributed by atoms with van der Waals surface area (Å²) in [6.07, 6.45) is 0.486. The molecule has 1 atom stereocenters. The Morgan fingerprint density at radius 2 is 1.88 bits per heavy atom. The Kier molecular flexibility index (Phi) is 4.89. The van der Waals surface area contributed by atoms with Gasteiger partial charge in [-0.2, -0.15) is 13.2 Å². The zero-order chi connectivity index (χ0) is 13.1. The van der Waals surface area contributed by atoms with E-state index in [4.69, 9.17) is 11.6 Å². The first-order valence-corrected chi connectivity index (χ1v) is 6.13. The van der Waals surface area contributed by atoms with E-state index in [0.717, 1.165) is 0 Å². The summed E-state index contributed by atoms with van der Waals surface area (Å²) in [5.41, 5.74) is -3.98. The molecule has 0 aliphatic heterocycles. The Morgan fingerprint density at radius 3 is 2.29 bits per heavy atom. The van der Waals surface area contributed by atoms with Crippen LogP contribution >= 0.6 is 23.4 Å². The maximum atomic E-state index is 12.1. The number of hydrogen-bond acceptors (Lipinski definition) is 2. The van der Waals surface area contributed by atoms with Crippen LogP contribution in [0.25, 0.3) is 0 Å². The van der Waals surface area contributed by atoms with Crippen LogP contribution in [-0.4, -0.2) is 16.7 Å². The number of carbonyl (C=O) groups excluding carboxylic acids is 1. The number of halogens is 4. The van der Waals surface area contributed by atoms with Crippen LogP contribution in [0.15, 0.2) is 29.2 Å². The maximum absolute atomic E-state index is 12.1. The van der Waals surface area contributed by atoms with Crippen molar-refractivity contribution in [1.29, 1.82) is 0 Å². The Labute approximate surface area is 106 Å². The van der Waals surface area contributed by atoms with Gasteiger partial charge >= 0.3 is 5.51 Å². The molecule has 0 saturated carbocycles. The summed E-state index contributed by atoms with van der Waals surface area (Å²) in [7, 11) is 0. The molecule has 0 heterocycles. The molecule has 0 fully saturated rings. The van der Waals surface area contributed by atoms with Gasteiger partial charge < -0.3 is 0 Å². The number of hydrogen-bond donors (Lipinski definition) is 0. The summed E-state index contributed by atoms with van der Waals surface area (Å²) in [4.78, 5) is 11.7. The molecule has 17 heavy (non-hydrogen) atoms. The molecule has 1 nitrogen and oxygen atoms in total. The van der Waals surface area contributed by atoms with Crippen molar-refractivity contribution < 1.29 is 18.0 Å². The molecular formula is C11H10ClF3OS. The highest BCUT2D eigenvalue weighted by Gasteiger charge is 2.29. The van der Waals surface area contributed by atoms with E-state index in [2.05, 4.69) is 0 Å². The Bertz CT molecular complexity index is 389. The van der Waals surface area contributed by atoms with Crippen LogP contribution < -0.4 is 0 Å². The van der Waals surface area contributed by atoms with Crippen LogP contribution in [0.4, 0.5) is 13.2 Å². The van der Waals surface area contributed by atoms with Crippen molar-refractivity contribution >= 4 is 29.1 Å². The van der Waals surface area contributed by atoms with Crippen molar-refractivity contribution in [3.05, 3.63) is 29.8 Å². The SMILES string of the molecule is CCC(Cl)C(=O)c1ccc(SC(F)(F)F)cc1. The standard InChI is InChI=1S/C11H10ClF3OS/c1-2-9(12)10(16)7-3-5-8(6-4-7)17-11(13,14)15/h3-6,9H,2H2,1H3.